The quantitative estimate of drug-likeness (QED) is 0.793. The number of carbonyl (C=O) groups is 1. The third kappa shape index (κ3) is 2.50. The molecule has 0 radical (unpaired) electrons. The molecular weight excluding hydrogens is 244 g/mol. The van der Waals surface area contributed by atoms with Gasteiger partial charge in [0.2, 0.25) is 10.0 Å². The van der Waals surface area contributed by atoms with Gasteiger partial charge < -0.3 is 9.30 Å². The first-order chi connectivity index (χ1) is 7.88. The summed E-state index contributed by atoms with van der Waals surface area (Å²) in [6.07, 6.45) is 4.08. The van der Waals surface area contributed by atoms with Gasteiger partial charge in [0.1, 0.15) is 16.7 Å². The van der Waals surface area contributed by atoms with E-state index in [1.807, 2.05) is 0 Å². The Bertz CT molecular complexity index is 543. The maximum atomic E-state index is 11.7. The Kier molecular flexibility index (Phi) is 2.96. The Labute approximate surface area is 99.4 Å². The molecule has 0 unspecified atom stereocenters. The van der Waals surface area contributed by atoms with E-state index in [1.54, 1.807) is 7.05 Å². The molecule has 0 aromatic carbocycles. The molecule has 6 nitrogen and oxygen atoms in total. The Morgan fingerprint density at radius 1 is 1.53 bits per heavy atom. The van der Waals surface area contributed by atoms with Gasteiger partial charge in [-0.15, -0.1) is 0 Å². The van der Waals surface area contributed by atoms with Crippen LogP contribution >= 0.6 is 0 Å². The number of aromatic nitrogens is 1. The van der Waals surface area contributed by atoms with Crippen molar-refractivity contribution in [1.82, 2.24) is 4.57 Å². The second-order valence-corrected chi connectivity index (χ2v) is 5.74. The molecule has 0 spiro atoms. The van der Waals surface area contributed by atoms with Crippen LogP contribution in [0.25, 0.3) is 0 Å². The van der Waals surface area contributed by atoms with Crippen LogP contribution in [-0.2, 0) is 21.8 Å². The Morgan fingerprint density at radius 2 is 2.18 bits per heavy atom. The molecule has 2 rings (SSSR count). The van der Waals surface area contributed by atoms with Crippen LogP contribution in [0.2, 0.25) is 0 Å². The monoisotopic (exact) mass is 258 g/mol. The molecule has 1 fully saturated rings. The van der Waals surface area contributed by atoms with E-state index in [-0.39, 0.29) is 16.7 Å². The molecule has 1 aliphatic rings. The van der Waals surface area contributed by atoms with Gasteiger partial charge in [-0.1, -0.05) is 0 Å². The van der Waals surface area contributed by atoms with Crippen LogP contribution in [0.4, 0.5) is 0 Å². The number of ether oxygens (including phenoxy) is 1. The number of carbonyl (C=O) groups excluding carboxylic acids is 1. The fraction of sp³-hybridized carbons (Fsp3) is 0.500. The fourth-order valence-electron chi connectivity index (χ4n) is 1.59. The number of rotatable bonds is 3. The van der Waals surface area contributed by atoms with Crippen LogP contribution < -0.4 is 5.14 Å². The van der Waals surface area contributed by atoms with E-state index < -0.39 is 16.0 Å². The summed E-state index contributed by atoms with van der Waals surface area (Å²) >= 11 is 0. The van der Waals surface area contributed by atoms with Crippen molar-refractivity contribution in [2.45, 2.75) is 30.3 Å². The van der Waals surface area contributed by atoms with Gasteiger partial charge in [0, 0.05) is 13.2 Å². The van der Waals surface area contributed by atoms with E-state index in [2.05, 4.69) is 0 Å². The first kappa shape index (κ1) is 12.1. The van der Waals surface area contributed by atoms with Crippen molar-refractivity contribution in [2.24, 2.45) is 12.2 Å². The van der Waals surface area contributed by atoms with Gasteiger partial charge in [-0.25, -0.2) is 18.4 Å². The standard InChI is InChI=1S/C10H14N2O4S/c1-12-6-8(17(11,14)15)5-9(12)10(13)16-7-3-2-4-7/h5-7H,2-4H2,1H3,(H2,11,14,15). The number of hydrogen-bond donors (Lipinski definition) is 1. The molecule has 1 heterocycles. The van der Waals surface area contributed by atoms with Crippen LogP contribution in [0.1, 0.15) is 29.8 Å². The van der Waals surface area contributed by atoms with Crippen LogP contribution in [-0.4, -0.2) is 25.1 Å². The van der Waals surface area contributed by atoms with Crippen molar-refractivity contribution in [3.8, 4) is 0 Å². The van der Waals surface area contributed by atoms with Crippen LogP contribution in [0.15, 0.2) is 17.2 Å². The van der Waals surface area contributed by atoms with Gasteiger partial charge in [-0.3, -0.25) is 0 Å². The van der Waals surface area contributed by atoms with Crippen LogP contribution in [0.5, 0.6) is 0 Å². The number of aryl methyl sites for hydroxylation is 1. The number of sulfonamides is 1. The van der Waals surface area contributed by atoms with Gasteiger partial charge in [0.25, 0.3) is 0 Å². The van der Waals surface area contributed by atoms with Gasteiger partial charge in [0.15, 0.2) is 0 Å². The van der Waals surface area contributed by atoms with Crippen molar-refractivity contribution in [3.05, 3.63) is 18.0 Å². The molecule has 0 atom stereocenters. The van der Waals surface area contributed by atoms with Gasteiger partial charge in [-0.2, -0.15) is 0 Å². The lowest BCUT2D eigenvalue weighted by Gasteiger charge is -2.25. The summed E-state index contributed by atoms with van der Waals surface area (Å²) in [5.74, 6) is -0.507. The van der Waals surface area contributed by atoms with E-state index in [0.29, 0.717) is 0 Å². The summed E-state index contributed by atoms with van der Waals surface area (Å²) in [4.78, 5) is 11.6. The minimum absolute atomic E-state index is 0.0321. The summed E-state index contributed by atoms with van der Waals surface area (Å²) in [5.41, 5.74) is 0.195. The molecule has 17 heavy (non-hydrogen) atoms. The third-order valence-corrected chi connectivity index (χ3v) is 3.72. The van der Waals surface area contributed by atoms with Crippen molar-refractivity contribution < 1.29 is 17.9 Å². The fourth-order valence-corrected chi connectivity index (χ4v) is 2.17. The molecule has 1 aromatic heterocycles. The van der Waals surface area contributed by atoms with Gasteiger partial charge in [0.05, 0.1) is 0 Å². The van der Waals surface area contributed by atoms with E-state index in [0.717, 1.165) is 19.3 Å². The molecule has 7 heteroatoms. The number of primary sulfonamides is 1. The highest BCUT2D eigenvalue weighted by Crippen LogP contribution is 2.23. The number of hydrogen-bond acceptors (Lipinski definition) is 4. The van der Waals surface area contributed by atoms with Gasteiger partial charge in [-0.05, 0) is 25.3 Å². The first-order valence-corrected chi connectivity index (χ1v) is 6.82. The van der Waals surface area contributed by atoms with Crippen molar-refractivity contribution >= 4 is 16.0 Å². The Morgan fingerprint density at radius 3 is 2.59 bits per heavy atom. The Balaban J connectivity index is 2.20. The van der Waals surface area contributed by atoms with E-state index in [9.17, 15) is 13.2 Å². The van der Waals surface area contributed by atoms with Crippen LogP contribution in [0, 0.1) is 0 Å². The third-order valence-electron chi connectivity index (χ3n) is 2.84. The summed E-state index contributed by atoms with van der Waals surface area (Å²) in [6, 6.07) is 1.23. The predicted octanol–water partition coefficient (Wildman–Crippen LogP) is 0.382. The lowest BCUT2D eigenvalue weighted by Crippen LogP contribution is -2.25. The highest BCUT2D eigenvalue weighted by molar-refractivity contribution is 7.89. The zero-order valence-corrected chi connectivity index (χ0v) is 10.2. The summed E-state index contributed by atoms with van der Waals surface area (Å²) in [7, 11) is -2.21. The van der Waals surface area contributed by atoms with E-state index >= 15 is 0 Å². The smallest absolute Gasteiger partial charge is 0.355 e. The molecule has 1 aromatic rings. The minimum Gasteiger partial charge on any atom is -0.458 e. The second kappa shape index (κ2) is 4.15. The maximum Gasteiger partial charge on any atom is 0.355 e. The maximum absolute atomic E-state index is 11.7. The van der Waals surface area contributed by atoms with E-state index in [1.165, 1.54) is 16.8 Å². The molecule has 0 amide bonds. The topological polar surface area (TPSA) is 91.4 Å². The lowest BCUT2D eigenvalue weighted by atomic mass is 9.96. The zero-order valence-electron chi connectivity index (χ0n) is 9.42. The summed E-state index contributed by atoms with van der Waals surface area (Å²) in [5, 5.41) is 4.98. The average molecular weight is 258 g/mol. The molecule has 94 valence electrons. The van der Waals surface area contributed by atoms with Crippen molar-refractivity contribution in [2.75, 3.05) is 0 Å². The first-order valence-electron chi connectivity index (χ1n) is 5.28. The molecular formula is C10H14N2O4S. The minimum atomic E-state index is -3.79. The van der Waals surface area contributed by atoms with Crippen LogP contribution in [0.3, 0.4) is 0 Å². The molecule has 1 saturated carbocycles. The average Bonchev–Trinajstić information content (AvgIpc) is 2.53. The normalized spacial score (nSPS) is 16.6. The summed E-state index contributed by atoms with van der Waals surface area (Å²) in [6.45, 7) is 0. The zero-order chi connectivity index (χ0) is 12.6. The molecule has 0 saturated heterocycles. The predicted molar refractivity (Wildman–Crippen MR) is 59.8 cm³/mol. The molecule has 0 aliphatic heterocycles. The van der Waals surface area contributed by atoms with Crippen molar-refractivity contribution in [3.63, 3.8) is 0 Å². The number of esters is 1. The molecule has 2 N–H and O–H groups in total. The highest BCUT2D eigenvalue weighted by atomic mass is 32.2. The Hall–Kier alpha value is -1.34. The largest absolute Gasteiger partial charge is 0.458 e. The molecule has 0 bridgehead atoms. The lowest BCUT2D eigenvalue weighted by molar-refractivity contribution is 0.00799. The van der Waals surface area contributed by atoms with Crippen molar-refractivity contribution in [1.29, 1.82) is 0 Å². The number of nitrogens with two attached hydrogens (primary N) is 1. The second-order valence-electron chi connectivity index (χ2n) is 4.18. The van der Waals surface area contributed by atoms with E-state index in [4.69, 9.17) is 9.88 Å². The molecule has 1 aliphatic carbocycles. The van der Waals surface area contributed by atoms with Gasteiger partial charge >= 0.3 is 5.97 Å². The SMILES string of the molecule is Cn1cc(S(N)(=O)=O)cc1C(=O)OC1CCC1. The summed E-state index contributed by atoms with van der Waals surface area (Å²) < 4.78 is 28.8. The number of nitrogens with zero attached hydrogens (tertiary/aromatic N) is 1. The highest BCUT2D eigenvalue weighted by Gasteiger charge is 2.25.